The first-order valence-corrected chi connectivity index (χ1v) is 10.3. The number of benzene rings is 2. The summed E-state index contributed by atoms with van der Waals surface area (Å²) >= 11 is 0. The highest BCUT2D eigenvalue weighted by atomic mass is 19.4. The van der Waals surface area contributed by atoms with Gasteiger partial charge in [-0.1, -0.05) is 12.1 Å². The van der Waals surface area contributed by atoms with Crippen LogP contribution in [0.4, 0.5) is 26.7 Å². The Bertz CT molecular complexity index is 1220. The van der Waals surface area contributed by atoms with Gasteiger partial charge in [-0.2, -0.15) is 13.2 Å². The highest BCUT2D eigenvalue weighted by Gasteiger charge is 2.36. The van der Waals surface area contributed by atoms with Crippen LogP contribution in [0.1, 0.15) is 28.8 Å². The molecule has 2 amide bonds. The van der Waals surface area contributed by atoms with E-state index in [0.717, 1.165) is 12.1 Å². The van der Waals surface area contributed by atoms with Crippen molar-refractivity contribution in [1.82, 2.24) is 10.2 Å². The summed E-state index contributed by atoms with van der Waals surface area (Å²) in [6.45, 7) is -0.162. The number of piperidine rings is 1. The SMILES string of the molecule is CNC(=O)Oc1cc2cc(C(F)(F)F)cc(-c3ccc(C(=O)N4CCC(F)(F)CC4)cc3)c2o1. The molecule has 34 heavy (non-hydrogen) atoms. The first-order chi connectivity index (χ1) is 16.0. The van der Waals surface area contributed by atoms with Gasteiger partial charge >= 0.3 is 12.3 Å². The Kier molecular flexibility index (Phi) is 5.96. The molecule has 4 rings (SSSR count). The topological polar surface area (TPSA) is 71.8 Å². The van der Waals surface area contributed by atoms with Crippen molar-refractivity contribution in [3.05, 3.63) is 53.6 Å². The van der Waals surface area contributed by atoms with Gasteiger partial charge in [0.1, 0.15) is 5.58 Å². The fourth-order valence-corrected chi connectivity index (χ4v) is 3.71. The maximum atomic E-state index is 13.5. The number of fused-ring (bicyclic) bond motifs is 1. The fourth-order valence-electron chi connectivity index (χ4n) is 3.71. The van der Waals surface area contributed by atoms with Crippen molar-refractivity contribution in [3.63, 3.8) is 0 Å². The van der Waals surface area contributed by atoms with E-state index in [1.807, 2.05) is 0 Å². The van der Waals surface area contributed by atoms with Gasteiger partial charge in [-0.15, -0.1) is 0 Å². The monoisotopic (exact) mass is 482 g/mol. The van der Waals surface area contributed by atoms with Crippen LogP contribution in [0.5, 0.6) is 5.95 Å². The molecular formula is C23H19F5N2O4. The molecule has 3 aromatic rings. The minimum atomic E-state index is -4.64. The predicted molar refractivity (Wildman–Crippen MR) is 112 cm³/mol. The molecule has 0 atom stereocenters. The Hall–Kier alpha value is -3.63. The lowest BCUT2D eigenvalue weighted by atomic mass is 9.98. The average Bonchev–Trinajstić information content (AvgIpc) is 3.19. The average molecular weight is 482 g/mol. The smallest absolute Gasteiger partial charge is 0.416 e. The third kappa shape index (κ3) is 4.82. The molecule has 0 aliphatic carbocycles. The normalized spacial score (nSPS) is 15.9. The number of carbonyl (C=O) groups is 2. The van der Waals surface area contributed by atoms with Gasteiger partial charge in [0.05, 0.1) is 5.56 Å². The zero-order chi connectivity index (χ0) is 24.7. The van der Waals surface area contributed by atoms with E-state index in [9.17, 15) is 31.5 Å². The van der Waals surface area contributed by atoms with Crippen molar-refractivity contribution < 1.29 is 40.7 Å². The zero-order valence-electron chi connectivity index (χ0n) is 17.8. The summed E-state index contributed by atoms with van der Waals surface area (Å²) in [6, 6.07) is 8.68. The van der Waals surface area contributed by atoms with Crippen LogP contribution < -0.4 is 10.1 Å². The molecular weight excluding hydrogens is 463 g/mol. The lowest BCUT2D eigenvalue weighted by Gasteiger charge is -2.31. The molecule has 1 saturated heterocycles. The second kappa shape index (κ2) is 8.62. The second-order valence-electron chi connectivity index (χ2n) is 7.87. The Morgan fingerprint density at radius 1 is 1.06 bits per heavy atom. The molecule has 180 valence electrons. The Balaban J connectivity index is 1.68. The van der Waals surface area contributed by atoms with E-state index in [1.54, 1.807) is 0 Å². The van der Waals surface area contributed by atoms with Gasteiger partial charge in [-0.3, -0.25) is 4.79 Å². The van der Waals surface area contributed by atoms with E-state index in [1.165, 1.54) is 42.3 Å². The third-order valence-corrected chi connectivity index (χ3v) is 5.54. The van der Waals surface area contributed by atoms with Gasteiger partial charge in [0.2, 0.25) is 0 Å². The maximum absolute atomic E-state index is 13.5. The van der Waals surface area contributed by atoms with Crippen molar-refractivity contribution in [2.24, 2.45) is 0 Å². The van der Waals surface area contributed by atoms with Crippen LogP contribution in [0.25, 0.3) is 22.1 Å². The minimum absolute atomic E-state index is 0.0595. The number of nitrogens with one attached hydrogen (secondary N) is 1. The third-order valence-electron chi connectivity index (χ3n) is 5.54. The summed E-state index contributed by atoms with van der Waals surface area (Å²) < 4.78 is 77.6. The summed E-state index contributed by atoms with van der Waals surface area (Å²) in [7, 11) is 1.32. The van der Waals surface area contributed by atoms with Crippen LogP contribution in [0.3, 0.4) is 0 Å². The van der Waals surface area contributed by atoms with Gasteiger partial charge in [0, 0.05) is 55.6 Å². The molecule has 1 aliphatic heterocycles. The largest absolute Gasteiger partial charge is 0.425 e. The molecule has 0 unspecified atom stereocenters. The highest BCUT2D eigenvalue weighted by molar-refractivity contribution is 5.97. The summed E-state index contributed by atoms with van der Waals surface area (Å²) in [5.74, 6) is -3.52. The number of nitrogens with zero attached hydrogens (tertiary/aromatic N) is 1. The summed E-state index contributed by atoms with van der Waals surface area (Å²) in [4.78, 5) is 25.4. The van der Waals surface area contributed by atoms with Gasteiger partial charge in [-0.05, 0) is 29.8 Å². The summed E-state index contributed by atoms with van der Waals surface area (Å²) in [6.07, 6.45) is -6.33. The first-order valence-electron chi connectivity index (χ1n) is 10.3. The van der Waals surface area contributed by atoms with Gasteiger partial charge < -0.3 is 19.4 Å². The summed E-state index contributed by atoms with van der Waals surface area (Å²) in [5, 5.41) is 2.28. The molecule has 0 bridgehead atoms. The van der Waals surface area contributed by atoms with Gasteiger partial charge in [0.15, 0.2) is 0 Å². The standard InChI is InChI=1S/C23H19F5N2O4/c1-29-21(32)34-18-11-15-10-16(23(26,27)28)12-17(19(15)33-18)13-2-4-14(5-3-13)20(31)30-8-6-22(24,25)7-9-30/h2-5,10-12H,6-9H2,1H3,(H,29,32). The molecule has 1 fully saturated rings. The Morgan fingerprint density at radius 3 is 2.29 bits per heavy atom. The van der Waals surface area contributed by atoms with Crippen LogP contribution in [0, 0.1) is 0 Å². The Labute approximate surface area is 190 Å². The molecule has 1 aromatic heterocycles. The number of alkyl halides is 5. The number of ether oxygens (including phenoxy) is 1. The van der Waals surface area contributed by atoms with E-state index in [-0.39, 0.29) is 41.1 Å². The van der Waals surface area contributed by atoms with Crippen LogP contribution in [0.2, 0.25) is 0 Å². The number of hydrogen-bond donors (Lipinski definition) is 1. The van der Waals surface area contributed by atoms with E-state index < -0.39 is 42.5 Å². The lowest BCUT2D eigenvalue weighted by molar-refractivity contribution is -0.137. The fraction of sp³-hybridized carbons (Fsp3) is 0.304. The molecule has 0 saturated carbocycles. The van der Waals surface area contributed by atoms with E-state index in [0.29, 0.717) is 5.56 Å². The number of furan rings is 1. The van der Waals surface area contributed by atoms with Crippen LogP contribution >= 0.6 is 0 Å². The molecule has 6 nitrogen and oxygen atoms in total. The number of likely N-dealkylation sites (tertiary alicyclic amines) is 1. The molecule has 1 N–H and O–H groups in total. The highest BCUT2D eigenvalue weighted by Crippen LogP contribution is 2.40. The van der Waals surface area contributed by atoms with Gasteiger partial charge in [-0.25, -0.2) is 13.6 Å². The van der Waals surface area contributed by atoms with E-state index in [4.69, 9.17) is 9.15 Å². The number of hydrogen-bond acceptors (Lipinski definition) is 4. The van der Waals surface area contributed by atoms with Crippen molar-refractivity contribution in [2.75, 3.05) is 20.1 Å². The number of rotatable bonds is 3. The second-order valence-corrected chi connectivity index (χ2v) is 7.87. The number of amides is 2. The lowest BCUT2D eigenvalue weighted by Crippen LogP contribution is -2.42. The molecule has 0 spiro atoms. The zero-order valence-corrected chi connectivity index (χ0v) is 17.8. The molecule has 2 heterocycles. The quantitative estimate of drug-likeness (QED) is 0.486. The maximum Gasteiger partial charge on any atom is 0.416 e. The van der Waals surface area contributed by atoms with Crippen LogP contribution in [-0.4, -0.2) is 43.0 Å². The van der Waals surface area contributed by atoms with Crippen molar-refractivity contribution in [2.45, 2.75) is 24.9 Å². The Morgan fingerprint density at radius 2 is 1.71 bits per heavy atom. The van der Waals surface area contributed by atoms with Crippen molar-refractivity contribution in [3.8, 4) is 17.1 Å². The minimum Gasteiger partial charge on any atom is -0.425 e. The van der Waals surface area contributed by atoms with Crippen molar-refractivity contribution >= 4 is 23.0 Å². The first kappa shape index (κ1) is 23.5. The molecule has 11 heteroatoms. The van der Waals surface area contributed by atoms with E-state index in [2.05, 4.69) is 5.32 Å². The number of halogens is 5. The molecule has 0 radical (unpaired) electrons. The van der Waals surface area contributed by atoms with Gasteiger partial charge in [0.25, 0.3) is 17.8 Å². The molecule has 2 aromatic carbocycles. The van der Waals surface area contributed by atoms with Crippen molar-refractivity contribution in [1.29, 1.82) is 0 Å². The summed E-state index contributed by atoms with van der Waals surface area (Å²) in [5.41, 5.74) is -0.256. The van der Waals surface area contributed by atoms with Crippen LogP contribution in [0.15, 0.2) is 46.9 Å². The van der Waals surface area contributed by atoms with Crippen LogP contribution in [-0.2, 0) is 6.18 Å². The van der Waals surface area contributed by atoms with E-state index >= 15 is 0 Å². The molecule has 1 aliphatic rings. The number of carbonyl (C=O) groups excluding carboxylic acids is 2. The predicted octanol–water partition coefficient (Wildman–Crippen LogP) is 5.71.